The summed E-state index contributed by atoms with van der Waals surface area (Å²) in [7, 11) is -3.78. The number of morpholine rings is 1. The molecule has 1 fully saturated rings. The number of anilines is 1. The number of amides is 1. The fourth-order valence-electron chi connectivity index (χ4n) is 4.26. The zero-order valence-corrected chi connectivity index (χ0v) is 20.1. The smallest absolute Gasteiger partial charge is 0.238 e. The maximum absolute atomic E-state index is 13.1. The largest absolute Gasteiger partial charge is 0.379 e. The van der Waals surface area contributed by atoms with Crippen molar-refractivity contribution in [2.45, 2.75) is 22.9 Å². The summed E-state index contributed by atoms with van der Waals surface area (Å²) in [5, 5.41) is 6.95. The molecule has 2 aromatic carbocycles. The quantitative estimate of drug-likeness (QED) is 0.403. The van der Waals surface area contributed by atoms with E-state index >= 15 is 0 Å². The molecular formula is C23H25N5O4S2. The third kappa shape index (κ3) is 4.93. The number of carbonyl (C=O) groups is 1. The van der Waals surface area contributed by atoms with Crippen molar-refractivity contribution in [3.63, 3.8) is 0 Å². The molecule has 3 aromatic rings. The van der Waals surface area contributed by atoms with Crippen molar-refractivity contribution >= 4 is 44.3 Å². The van der Waals surface area contributed by atoms with Crippen LogP contribution in [0, 0.1) is 0 Å². The monoisotopic (exact) mass is 499 g/mol. The zero-order valence-electron chi connectivity index (χ0n) is 18.5. The normalized spacial score (nSPS) is 16.7. The number of carbonyl (C=O) groups excluding carboxylic acids is 1. The molecule has 0 unspecified atom stereocenters. The summed E-state index contributed by atoms with van der Waals surface area (Å²) in [5.74, 6) is 0.899. The van der Waals surface area contributed by atoms with Crippen molar-refractivity contribution in [3.8, 4) is 0 Å². The molecule has 11 heteroatoms. The van der Waals surface area contributed by atoms with Gasteiger partial charge in [-0.1, -0.05) is 30.0 Å². The van der Waals surface area contributed by atoms with E-state index in [4.69, 9.17) is 19.8 Å². The number of ether oxygens (including phenoxy) is 1. The van der Waals surface area contributed by atoms with Crippen LogP contribution in [0.5, 0.6) is 0 Å². The summed E-state index contributed by atoms with van der Waals surface area (Å²) in [5.41, 5.74) is 2.40. The minimum atomic E-state index is -3.78. The number of rotatable bonds is 6. The van der Waals surface area contributed by atoms with Gasteiger partial charge in [-0.2, -0.15) is 0 Å². The van der Waals surface area contributed by atoms with Gasteiger partial charge in [0.15, 0.2) is 0 Å². The first-order valence-electron chi connectivity index (χ1n) is 11.0. The van der Waals surface area contributed by atoms with Crippen molar-refractivity contribution < 1.29 is 17.9 Å². The lowest BCUT2D eigenvalue weighted by Gasteiger charge is -2.26. The topological polar surface area (TPSA) is 119 Å². The standard InChI is InChI=1S/C23H25N5O4S2/c24-34(30,31)17-5-6-20-16(13-17)7-8-28(20)22(29)15-33-23-18-3-1-2-4-19(18)25-21(26-23)14-27-9-11-32-12-10-27/h1-6,13H,7-12,14-15H2,(H2,24,30,31). The van der Waals surface area contributed by atoms with Crippen LogP contribution in [0.2, 0.25) is 0 Å². The Balaban J connectivity index is 1.33. The summed E-state index contributed by atoms with van der Waals surface area (Å²) < 4.78 is 28.7. The highest BCUT2D eigenvalue weighted by molar-refractivity contribution is 8.00. The van der Waals surface area contributed by atoms with Crippen LogP contribution in [0.3, 0.4) is 0 Å². The van der Waals surface area contributed by atoms with Gasteiger partial charge in [-0.3, -0.25) is 9.69 Å². The molecule has 1 aromatic heterocycles. The summed E-state index contributed by atoms with van der Waals surface area (Å²) in [6.07, 6.45) is 0.592. The molecule has 0 bridgehead atoms. The summed E-state index contributed by atoms with van der Waals surface area (Å²) in [6, 6.07) is 12.5. The number of thioether (sulfide) groups is 1. The lowest BCUT2D eigenvalue weighted by atomic mass is 10.2. The number of benzene rings is 2. The van der Waals surface area contributed by atoms with Crippen LogP contribution in [0.15, 0.2) is 52.4 Å². The molecule has 178 valence electrons. The number of aromatic nitrogens is 2. The Morgan fingerprint density at radius 3 is 2.68 bits per heavy atom. The van der Waals surface area contributed by atoms with Crippen molar-refractivity contribution in [1.82, 2.24) is 14.9 Å². The molecule has 0 spiro atoms. The van der Waals surface area contributed by atoms with Gasteiger partial charge in [-0.05, 0) is 36.2 Å². The van der Waals surface area contributed by atoms with Crippen LogP contribution >= 0.6 is 11.8 Å². The highest BCUT2D eigenvalue weighted by atomic mass is 32.2. The number of sulfonamides is 1. The Hall–Kier alpha value is -2.57. The molecule has 1 saturated heterocycles. The number of nitrogens with two attached hydrogens (primary N) is 1. The second kappa shape index (κ2) is 9.59. The van der Waals surface area contributed by atoms with E-state index in [-0.39, 0.29) is 16.6 Å². The molecule has 0 saturated carbocycles. The van der Waals surface area contributed by atoms with Gasteiger partial charge < -0.3 is 9.64 Å². The van der Waals surface area contributed by atoms with E-state index in [1.54, 1.807) is 17.0 Å². The van der Waals surface area contributed by atoms with Gasteiger partial charge in [0.25, 0.3) is 0 Å². The van der Waals surface area contributed by atoms with Gasteiger partial charge in [-0.15, -0.1) is 0 Å². The Bertz CT molecular complexity index is 1340. The Kier molecular flexibility index (Phi) is 6.54. The molecule has 34 heavy (non-hydrogen) atoms. The van der Waals surface area contributed by atoms with Gasteiger partial charge in [-0.25, -0.2) is 23.5 Å². The van der Waals surface area contributed by atoms with E-state index < -0.39 is 10.0 Å². The molecule has 2 aliphatic rings. The van der Waals surface area contributed by atoms with E-state index in [0.29, 0.717) is 32.7 Å². The van der Waals surface area contributed by atoms with E-state index in [1.165, 1.54) is 17.8 Å². The molecule has 1 amide bonds. The van der Waals surface area contributed by atoms with Crippen molar-refractivity contribution in [2.75, 3.05) is 43.5 Å². The first-order chi connectivity index (χ1) is 16.4. The zero-order chi connectivity index (χ0) is 23.7. The Morgan fingerprint density at radius 1 is 1.09 bits per heavy atom. The third-order valence-corrected chi connectivity index (χ3v) is 7.88. The second-order valence-corrected chi connectivity index (χ2v) is 10.8. The van der Waals surface area contributed by atoms with Gasteiger partial charge in [0, 0.05) is 30.7 Å². The van der Waals surface area contributed by atoms with E-state index in [2.05, 4.69) is 4.90 Å². The van der Waals surface area contributed by atoms with Gasteiger partial charge in [0.1, 0.15) is 10.9 Å². The van der Waals surface area contributed by atoms with E-state index in [0.717, 1.165) is 46.1 Å². The number of fused-ring (bicyclic) bond motifs is 2. The maximum atomic E-state index is 13.1. The second-order valence-electron chi connectivity index (χ2n) is 8.27. The van der Waals surface area contributed by atoms with Gasteiger partial charge in [0.05, 0.1) is 35.9 Å². The summed E-state index contributed by atoms with van der Waals surface area (Å²) >= 11 is 1.40. The molecule has 0 aliphatic carbocycles. The average Bonchev–Trinajstić information content (AvgIpc) is 3.26. The highest BCUT2D eigenvalue weighted by Crippen LogP contribution is 2.32. The van der Waals surface area contributed by atoms with Crippen molar-refractivity contribution in [1.29, 1.82) is 0 Å². The molecule has 5 rings (SSSR count). The first kappa shape index (κ1) is 23.2. The number of hydrogen-bond donors (Lipinski definition) is 1. The van der Waals surface area contributed by atoms with Crippen LogP contribution in [0.1, 0.15) is 11.4 Å². The fraction of sp³-hybridized carbons (Fsp3) is 0.348. The van der Waals surface area contributed by atoms with Crippen molar-refractivity contribution in [2.24, 2.45) is 5.14 Å². The molecule has 0 radical (unpaired) electrons. The minimum Gasteiger partial charge on any atom is -0.379 e. The molecule has 0 atom stereocenters. The molecule has 2 N–H and O–H groups in total. The predicted molar refractivity (Wildman–Crippen MR) is 130 cm³/mol. The lowest BCUT2D eigenvalue weighted by Crippen LogP contribution is -2.36. The fourth-order valence-corrected chi connectivity index (χ4v) is 5.73. The predicted octanol–water partition coefficient (Wildman–Crippen LogP) is 1.79. The van der Waals surface area contributed by atoms with E-state index in [9.17, 15) is 13.2 Å². The number of primary sulfonamides is 1. The molecular weight excluding hydrogens is 474 g/mol. The summed E-state index contributed by atoms with van der Waals surface area (Å²) in [6.45, 7) is 4.26. The molecule has 3 heterocycles. The lowest BCUT2D eigenvalue weighted by molar-refractivity contribution is -0.116. The number of nitrogens with zero attached hydrogens (tertiary/aromatic N) is 4. The minimum absolute atomic E-state index is 0.0514. The van der Waals surface area contributed by atoms with Crippen LogP contribution in [0.4, 0.5) is 5.69 Å². The van der Waals surface area contributed by atoms with Crippen LogP contribution in [-0.4, -0.2) is 67.8 Å². The van der Waals surface area contributed by atoms with Gasteiger partial charge in [0.2, 0.25) is 15.9 Å². The number of para-hydroxylation sites is 1. The SMILES string of the molecule is NS(=O)(=O)c1ccc2c(c1)CCN2C(=O)CSc1nc(CN2CCOCC2)nc2ccccc12. The molecule has 9 nitrogen and oxygen atoms in total. The Labute approximate surface area is 202 Å². The van der Waals surface area contributed by atoms with Crippen LogP contribution in [0.25, 0.3) is 10.9 Å². The maximum Gasteiger partial charge on any atom is 0.238 e. The van der Waals surface area contributed by atoms with Gasteiger partial charge >= 0.3 is 0 Å². The van der Waals surface area contributed by atoms with E-state index in [1.807, 2.05) is 24.3 Å². The first-order valence-corrected chi connectivity index (χ1v) is 13.6. The van der Waals surface area contributed by atoms with Crippen LogP contribution in [-0.2, 0) is 32.5 Å². The molecule has 2 aliphatic heterocycles. The number of hydrogen-bond acceptors (Lipinski definition) is 8. The van der Waals surface area contributed by atoms with Crippen LogP contribution < -0.4 is 10.0 Å². The van der Waals surface area contributed by atoms with Crippen molar-refractivity contribution in [3.05, 3.63) is 53.9 Å². The highest BCUT2D eigenvalue weighted by Gasteiger charge is 2.26. The summed E-state index contributed by atoms with van der Waals surface area (Å²) in [4.78, 5) is 26.7. The average molecular weight is 500 g/mol. The third-order valence-electron chi connectivity index (χ3n) is 5.99. The Morgan fingerprint density at radius 2 is 1.88 bits per heavy atom.